The fourth-order valence-electron chi connectivity index (χ4n) is 3.04. The summed E-state index contributed by atoms with van der Waals surface area (Å²) in [5.41, 5.74) is 0.329. The van der Waals surface area contributed by atoms with E-state index in [1.807, 2.05) is 6.92 Å². The molecule has 0 aliphatic heterocycles. The first-order chi connectivity index (χ1) is 15.5. The van der Waals surface area contributed by atoms with Crippen molar-refractivity contribution in [3.05, 3.63) is 63.9 Å². The highest BCUT2D eigenvalue weighted by Crippen LogP contribution is 2.28. The van der Waals surface area contributed by atoms with Crippen molar-refractivity contribution < 1.29 is 22.4 Å². The average molecular weight is 518 g/mol. The van der Waals surface area contributed by atoms with Gasteiger partial charge < -0.3 is 10.2 Å². The van der Waals surface area contributed by atoms with Crippen molar-refractivity contribution in [1.29, 1.82) is 0 Å². The molecule has 33 heavy (non-hydrogen) atoms. The number of halogens is 3. The minimum atomic E-state index is -3.91. The van der Waals surface area contributed by atoms with Crippen LogP contribution in [0, 0.1) is 5.82 Å². The van der Waals surface area contributed by atoms with Crippen molar-refractivity contribution in [2.75, 3.05) is 23.7 Å². The topological polar surface area (TPSA) is 86.8 Å². The molecule has 0 aliphatic rings. The molecule has 0 fully saturated rings. The van der Waals surface area contributed by atoms with Gasteiger partial charge in [-0.15, -0.1) is 0 Å². The van der Waals surface area contributed by atoms with Gasteiger partial charge in [0.2, 0.25) is 21.8 Å². The van der Waals surface area contributed by atoms with Crippen LogP contribution in [0.15, 0.2) is 42.5 Å². The molecule has 1 N–H and O–H groups in total. The quantitative estimate of drug-likeness (QED) is 0.518. The minimum Gasteiger partial charge on any atom is -0.354 e. The van der Waals surface area contributed by atoms with E-state index in [1.54, 1.807) is 6.07 Å². The van der Waals surface area contributed by atoms with E-state index >= 15 is 0 Å². The summed E-state index contributed by atoms with van der Waals surface area (Å²) in [5, 5.41) is 3.05. The van der Waals surface area contributed by atoms with E-state index in [0.717, 1.165) is 15.5 Å². The molecule has 0 radical (unpaired) electrons. The molecule has 0 heterocycles. The molecule has 0 aliphatic carbocycles. The molecule has 2 aromatic carbocycles. The zero-order valence-corrected chi connectivity index (χ0v) is 20.8. The highest BCUT2D eigenvalue weighted by molar-refractivity contribution is 7.92. The summed E-state index contributed by atoms with van der Waals surface area (Å²) in [7, 11) is -3.91. The molecule has 2 rings (SSSR count). The standard InChI is InChI=1S/C22H26Cl2FN3O4S/c1-4-11-26-22(30)15(2)27(13-16-7-5-6-8-20(16)25)21(29)14-28(33(3,31)32)17-9-10-18(23)19(24)12-17/h5-10,12,15H,4,11,13-14H2,1-3H3,(H,26,30)/t15-/m0/s1. The number of carbonyl (C=O) groups excluding carboxylic acids is 2. The molecule has 0 spiro atoms. The van der Waals surface area contributed by atoms with Crippen LogP contribution >= 0.6 is 23.2 Å². The van der Waals surface area contributed by atoms with E-state index < -0.39 is 40.2 Å². The lowest BCUT2D eigenvalue weighted by Gasteiger charge is -2.31. The van der Waals surface area contributed by atoms with Gasteiger partial charge in [-0.1, -0.05) is 48.3 Å². The Morgan fingerprint density at radius 2 is 1.79 bits per heavy atom. The molecular formula is C22H26Cl2FN3O4S. The molecule has 0 saturated carbocycles. The number of hydrogen-bond donors (Lipinski definition) is 1. The van der Waals surface area contributed by atoms with Crippen molar-refractivity contribution in [2.45, 2.75) is 32.9 Å². The molecule has 180 valence electrons. The monoisotopic (exact) mass is 517 g/mol. The summed E-state index contributed by atoms with van der Waals surface area (Å²) in [6.45, 7) is 2.97. The fourth-order valence-corrected chi connectivity index (χ4v) is 4.18. The Morgan fingerprint density at radius 1 is 1.12 bits per heavy atom. The van der Waals surface area contributed by atoms with Crippen LogP contribution in [-0.2, 0) is 26.2 Å². The zero-order valence-electron chi connectivity index (χ0n) is 18.5. The Morgan fingerprint density at radius 3 is 2.36 bits per heavy atom. The van der Waals surface area contributed by atoms with Gasteiger partial charge in [0.15, 0.2) is 0 Å². The molecule has 2 aromatic rings. The predicted octanol–water partition coefficient (Wildman–Crippen LogP) is 3.84. The third-order valence-electron chi connectivity index (χ3n) is 4.89. The lowest BCUT2D eigenvalue weighted by molar-refractivity contribution is -0.139. The number of rotatable bonds is 10. The first-order valence-corrected chi connectivity index (χ1v) is 12.8. The molecular weight excluding hydrogens is 492 g/mol. The number of amides is 2. The summed E-state index contributed by atoms with van der Waals surface area (Å²) in [6.07, 6.45) is 1.64. The van der Waals surface area contributed by atoms with E-state index in [0.29, 0.717) is 13.0 Å². The van der Waals surface area contributed by atoms with Gasteiger partial charge >= 0.3 is 0 Å². The van der Waals surface area contributed by atoms with Gasteiger partial charge in [-0.25, -0.2) is 12.8 Å². The molecule has 0 saturated heterocycles. The van der Waals surface area contributed by atoms with Crippen molar-refractivity contribution >= 4 is 50.7 Å². The van der Waals surface area contributed by atoms with Gasteiger partial charge in [-0.3, -0.25) is 13.9 Å². The molecule has 0 bridgehead atoms. The Balaban J connectivity index is 2.40. The third-order valence-corrected chi connectivity index (χ3v) is 6.77. The van der Waals surface area contributed by atoms with E-state index in [-0.39, 0.29) is 27.8 Å². The van der Waals surface area contributed by atoms with Gasteiger partial charge in [0.05, 0.1) is 22.0 Å². The predicted molar refractivity (Wildman–Crippen MR) is 128 cm³/mol. The molecule has 0 unspecified atom stereocenters. The maximum atomic E-state index is 14.3. The normalized spacial score (nSPS) is 12.2. The summed E-state index contributed by atoms with van der Waals surface area (Å²) < 4.78 is 40.1. The van der Waals surface area contributed by atoms with Crippen LogP contribution in [0.3, 0.4) is 0 Å². The summed E-state index contributed by atoms with van der Waals surface area (Å²) in [5.74, 6) is -1.66. The second kappa shape index (κ2) is 11.7. The summed E-state index contributed by atoms with van der Waals surface area (Å²) >= 11 is 12.0. The first-order valence-electron chi connectivity index (χ1n) is 10.2. The Hall–Kier alpha value is -2.36. The van der Waals surface area contributed by atoms with Crippen molar-refractivity contribution in [3.8, 4) is 0 Å². The molecule has 2 amide bonds. The minimum absolute atomic E-state index is 0.116. The van der Waals surface area contributed by atoms with Crippen molar-refractivity contribution in [3.63, 3.8) is 0 Å². The number of nitrogens with one attached hydrogen (secondary N) is 1. The molecule has 7 nitrogen and oxygen atoms in total. The van der Waals surface area contributed by atoms with Crippen LogP contribution in [-0.4, -0.2) is 50.5 Å². The van der Waals surface area contributed by atoms with Crippen LogP contribution in [0.25, 0.3) is 0 Å². The zero-order chi connectivity index (χ0) is 24.8. The highest BCUT2D eigenvalue weighted by atomic mass is 35.5. The SMILES string of the molecule is CCCNC(=O)[C@H](C)N(Cc1ccccc1F)C(=O)CN(c1ccc(Cl)c(Cl)c1)S(C)(=O)=O. The number of sulfonamides is 1. The van der Waals surface area contributed by atoms with Crippen LogP contribution in [0.5, 0.6) is 0 Å². The van der Waals surface area contributed by atoms with Crippen LogP contribution in [0.2, 0.25) is 10.0 Å². The highest BCUT2D eigenvalue weighted by Gasteiger charge is 2.30. The second-order valence-electron chi connectivity index (χ2n) is 7.45. The first kappa shape index (κ1) is 26.9. The third kappa shape index (κ3) is 7.31. The van der Waals surface area contributed by atoms with Crippen LogP contribution in [0.4, 0.5) is 10.1 Å². The van der Waals surface area contributed by atoms with E-state index in [4.69, 9.17) is 23.2 Å². The fraction of sp³-hybridized carbons (Fsp3) is 0.364. The maximum Gasteiger partial charge on any atom is 0.244 e. The number of hydrogen-bond acceptors (Lipinski definition) is 4. The second-order valence-corrected chi connectivity index (χ2v) is 10.2. The summed E-state index contributed by atoms with van der Waals surface area (Å²) in [6, 6.07) is 9.06. The van der Waals surface area contributed by atoms with Gasteiger partial charge in [-0.2, -0.15) is 0 Å². The van der Waals surface area contributed by atoms with Gasteiger partial charge in [0, 0.05) is 18.7 Å². The van der Waals surface area contributed by atoms with Gasteiger partial charge in [0.1, 0.15) is 18.4 Å². The average Bonchev–Trinajstić information content (AvgIpc) is 2.75. The Bertz CT molecular complexity index is 1110. The number of nitrogens with zero attached hydrogens (tertiary/aromatic N) is 2. The number of anilines is 1. The molecule has 11 heteroatoms. The Kier molecular flexibility index (Phi) is 9.51. The Labute approximate surface area is 203 Å². The van der Waals surface area contributed by atoms with Crippen molar-refractivity contribution in [1.82, 2.24) is 10.2 Å². The van der Waals surface area contributed by atoms with Crippen LogP contribution in [0.1, 0.15) is 25.8 Å². The lowest BCUT2D eigenvalue weighted by atomic mass is 10.1. The van der Waals surface area contributed by atoms with E-state index in [9.17, 15) is 22.4 Å². The van der Waals surface area contributed by atoms with Gasteiger partial charge in [-0.05, 0) is 37.6 Å². The van der Waals surface area contributed by atoms with Gasteiger partial charge in [0.25, 0.3) is 0 Å². The number of benzene rings is 2. The van der Waals surface area contributed by atoms with E-state index in [2.05, 4.69) is 5.32 Å². The summed E-state index contributed by atoms with van der Waals surface area (Å²) in [4.78, 5) is 27.1. The van der Waals surface area contributed by atoms with E-state index in [1.165, 1.54) is 43.3 Å². The smallest absolute Gasteiger partial charge is 0.244 e. The van der Waals surface area contributed by atoms with Crippen molar-refractivity contribution in [2.24, 2.45) is 0 Å². The van der Waals surface area contributed by atoms with Crippen LogP contribution < -0.4 is 9.62 Å². The largest absolute Gasteiger partial charge is 0.354 e. The number of carbonyl (C=O) groups is 2. The lowest BCUT2D eigenvalue weighted by Crippen LogP contribution is -2.51. The maximum absolute atomic E-state index is 14.3. The molecule has 1 atom stereocenters. The molecule has 0 aromatic heterocycles.